The number of methoxy groups -OCH3 is 1. The van der Waals surface area contributed by atoms with Gasteiger partial charge in [-0.1, -0.05) is 13.8 Å². The van der Waals surface area contributed by atoms with Gasteiger partial charge in [-0.3, -0.25) is 0 Å². The number of benzene rings is 1. The lowest BCUT2D eigenvalue weighted by molar-refractivity contribution is 0.410. The third-order valence-electron chi connectivity index (χ3n) is 4.06. The van der Waals surface area contributed by atoms with Gasteiger partial charge in [0.2, 0.25) is 0 Å². The topological polar surface area (TPSA) is 12.5 Å². The van der Waals surface area contributed by atoms with Crippen LogP contribution >= 0.6 is 24.0 Å². The predicted octanol–water partition coefficient (Wildman–Crippen LogP) is 3.82. The molecule has 96 valence electrons. The van der Waals surface area contributed by atoms with E-state index in [9.17, 15) is 0 Å². The van der Waals surface area contributed by atoms with Crippen molar-refractivity contribution in [2.24, 2.45) is 0 Å². The Morgan fingerprint density at radius 1 is 1.35 bits per heavy atom. The minimum atomic E-state index is 0. The third-order valence-corrected chi connectivity index (χ3v) is 4.06. The summed E-state index contributed by atoms with van der Waals surface area (Å²) >= 11 is 0. The molecule has 1 aliphatic rings. The molecule has 0 saturated carbocycles. The molecule has 2 rings (SSSR count). The maximum atomic E-state index is 5.32. The van der Waals surface area contributed by atoms with E-state index in [1.807, 2.05) is 0 Å². The van der Waals surface area contributed by atoms with Crippen molar-refractivity contribution < 1.29 is 4.74 Å². The zero-order valence-electron chi connectivity index (χ0n) is 11.3. The zero-order chi connectivity index (χ0) is 11.9. The molecule has 1 aliphatic heterocycles. The van der Waals surface area contributed by atoms with Crippen LogP contribution in [-0.2, 0) is 5.41 Å². The normalized spacial score (nSPS) is 20.8. The van der Waals surface area contributed by atoms with Crippen molar-refractivity contribution in [1.29, 1.82) is 0 Å². The molecule has 0 amide bonds. The van der Waals surface area contributed by atoms with Gasteiger partial charge in [0, 0.05) is 23.7 Å². The molecule has 1 heterocycles. The molecule has 1 aromatic carbocycles. The summed E-state index contributed by atoms with van der Waals surface area (Å²) < 4.78 is 5.32. The van der Waals surface area contributed by atoms with Crippen LogP contribution in [0.2, 0.25) is 0 Å². The van der Waals surface area contributed by atoms with Gasteiger partial charge in [-0.2, -0.15) is 0 Å². The van der Waals surface area contributed by atoms with Gasteiger partial charge in [0.05, 0.1) is 7.11 Å². The first-order valence-corrected chi connectivity index (χ1v) is 5.97. The highest BCUT2D eigenvalue weighted by molar-refractivity contribution is 14.0. The molecule has 0 aliphatic carbocycles. The number of nitrogens with zero attached hydrogens (tertiary/aromatic N) is 1. The molecule has 0 spiro atoms. The molecule has 0 saturated heterocycles. The average Bonchev–Trinajstić information content (AvgIpc) is 2.47. The van der Waals surface area contributed by atoms with Crippen LogP contribution in [0.4, 0.5) is 5.69 Å². The van der Waals surface area contributed by atoms with E-state index >= 15 is 0 Å². The summed E-state index contributed by atoms with van der Waals surface area (Å²) in [6.45, 7) is 10.2. The van der Waals surface area contributed by atoms with Gasteiger partial charge in [0.25, 0.3) is 0 Å². The Bertz CT molecular complexity index is 403. The standard InChI is InChI=1S/C14H21NO.HI/c1-6-15-10(2)14(3,4)12-9-11(16-5)7-8-13(12)15;/h7-10H,6H2,1-5H3;1H. The second-order valence-corrected chi connectivity index (χ2v) is 5.07. The Morgan fingerprint density at radius 3 is 2.53 bits per heavy atom. The second-order valence-electron chi connectivity index (χ2n) is 5.07. The van der Waals surface area contributed by atoms with Gasteiger partial charge in [-0.05, 0) is 37.6 Å². The molecule has 0 aromatic heterocycles. The highest BCUT2D eigenvalue weighted by Gasteiger charge is 2.41. The van der Waals surface area contributed by atoms with Gasteiger partial charge in [-0.15, -0.1) is 24.0 Å². The van der Waals surface area contributed by atoms with Gasteiger partial charge >= 0.3 is 0 Å². The minimum absolute atomic E-state index is 0. The molecule has 2 nitrogen and oxygen atoms in total. The molecule has 1 aromatic rings. The molecule has 17 heavy (non-hydrogen) atoms. The summed E-state index contributed by atoms with van der Waals surface area (Å²) in [5.74, 6) is 0.956. The van der Waals surface area contributed by atoms with E-state index in [-0.39, 0.29) is 29.4 Å². The van der Waals surface area contributed by atoms with Crippen LogP contribution in [-0.4, -0.2) is 19.7 Å². The number of rotatable bonds is 2. The fourth-order valence-corrected chi connectivity index (χ4v) is 2.68. The van der Waals surface area contributed by atoms with Crippen molar-refractivity contribution in [2.75, 3.05) is 18.6 Å². The molecule has 3 heteroatoms. The highest BCUT2D eigenvalue weighted by Crippen LogP contribution is 2.46. The van der Waals surface area contributed by atoms with E-state index in [1.165, 1.54) is 11.3 Å². The quantitative estimate of drug-likeness (QED) is 0.755. The summed E-state index contributed by atoms with van der Waals surface area (Å²) in [7, 11) is 1.73. The molecular weight excluding hydrogens is 325 g/mol. The van der Waals surface area contributed by atoms with Crippen molar-refractivity contribution in [3.8, 4) is 5.75 Å². The summed E-state index contributed by atoms with van der Waals surface area (Å²) in [4.78, 5) is 2.47. The first kappa shape index (κ1) is 14.6. The summed E-state index contributed by atoms with van der Waals surface area (Å²) in [5, 5.41) is 0. The highest BCUT2D eigenvalue weighted by atomic mass is 127. The van der Waals surface area contributed by atoms with Crippen LogP contribution < -0.4 is 9.64 Å². The lowest BCUT2D eigenvalue weighted by Crippen LogP contribution is -2.38. The molecule has 1 atom stereocenters. The largest absolute Gasteiger partial charge is 0.497 e. The maximum absolute atomic E-state index is 5.32. The van der Waals surface area contributed by atoms with Gasteiger partial charge in [0.1, 0.15) is 5.75 Å². The number of anilines is 1. The second kappa shape index (κ2) is 5.04. The SMILES string of the molecule is CCN1c2ccc(OC)cc2C(C)(C)C1C.I. The van der Waals surface area contributed by atoms with Crippen LogP contribution in [0.3, 0.4) is 0 Å². The van der Waals surface area contributed by atoms with Crippen LogP contribution in [0.25, 0.3) is 0 Å². The predicted molar refractivity (Wildman–Crippen MR) is 83.9 cm³/mol. The Labute approximate surface area is 121 Å². The number of ether oxygens (including phenoxy) is 1. The van der Waals surface area contributed by atoms with E-state index < -0.39 is 0 Å². The smallest absolute Gasteiger partial charge is 0.119 e. The summed E-state index contributed by atoms with van der Waals surface area (Å²) in [6, 6.07) is 6.96. The van der Waals surface area contributed by atoms with Gasteiger partial charge in [-0.25, -0.2) is 0 Å². The van der Waals surface area contributed by atoms with Crippen molar-refractivity contribution in [3.63, 3.8) is 0 Å². The van der Waals surface area contributed by atoms with E-state index in [0.717, 1.165) is 12.3 Å². The number of hydrogen-bond donors (Lipinski definition) is 0. The van der Waals surface area contributed by atoms with Gasteiger partial charge in [0.15, 0.2) is 0 Å². The van der Waals surface area contributed by atoms with Crippen LogP contribution in [0, 0.1) is 0 Å². The number of halogens is 1. The zero-order valence-corrected chi connectivity index (χ0v) is 13.6. The fourth-order valence-electron chi connectivity index (χ4n) is 2.68. The van der Waals surface area contributed by atoms with Crippen molar-refractivity contribution >= 4 is 29.7 Å². The van der Waals surface area contributed by atoms with Crippen molar-refractivity contribution in [2.45, 2.75) is 39.2 Å². The first-order valence-electron chi connectivity index (χ1n) is 5.97. The van der Waals surface area contributed by atoms with Gasteiger partial charge < -0.3 is 9.64 Å². The van der Waals surface area contributed by atoms with Crippen molar-refractivity contribution in [3.05, 3.63) is 23.8 Å². The Hall–Kier alpha value is -0.450. The lowest BCUT2D eigenvalue weighted by atomic mass is 9.81. The summed E-state index contributed by atoms with van der Waals surface area (Å²) in [6.07, 6.45) is 0. The van der Waals surface area contributed by atoms with Crippen LogP contribution in [0.1, 0.15) is 33.3 Å². The number of likely N-dealkylation sites (N-methyl/N-ethyl adjacent to an activating group) is 1. The van der Waals surface area contributed by atoms with E-state index in [4.69, 9.17) is 4.74 Å². The van der Waals surface area contributed by atoms with E-state index in [0.29, 0.717) is 6.04 Å². The third kappa shape index (κ3) is 2.14. The van der Waals surface area contributed by atoms with Crippen LogP contribution in [0.5, 0.6) is 5.75 Å². The average molecular weight is 347 g/mol. The first-order chi connectivity index (χ1) is 7.52. The lowest BCUT2D eigenvalue weighted by Gasteiger charge is -2.30. The van der Waals surface area contributed by atoms with E-state index in [1.54, 1.807) is 7.11 Å². The molecule has 0 N–H and O–H groups in total. The summed E-state index contributed by atoms with van der Waals surface area (Å²) in [5.41, 5.74) is 2.96. The molecular formula is C14H22INO. The Morgan fingerprint density at radius 2 is 2.00 bits per heavy atom. The molecule has 0 bridgehead atoms. The maximum Gasteiger partial charge on any atom is 0.119 e. The number of fused-ring (bicyclic) bond motifs is 1. The van der Waals surface area contributed by atoms with Crippen molar-refractivity contribution in [1.82, 2.24) is 0 Å². The Balaban J connectivity index is 0.00000144. The van der Waals surface area contributed by atoms with Crippen LogP contribution in [0.15, 0.2) is 18.2 Å². The molecule has 1 unspecified atom stereocenters. The molecule has 0 fully saturated rings. The number of hydrogen-bond acceptors (Lipinski definition) is 2. The Kier molecular flexibility index (Phi) is 4.33. The minimum Gasteiger partial charge on any atom is -0.497 e. The monoisotopic (exact) mass is 347 g/mol. The molecule has 0 radical (unpaired) electrons. The van der Waals surface area contributed by atoms with E-state index in [2.05, 4.69) is 50.8 Å². The fraction of sp³-hybridized carbons (Fsp3) is 0.571.